The van der Waals surface area contributed by atoms with E-state index in [0.717, 1.165) is 11.1 Å². The lowest BCUT2D eigenvalue weighted by Gasteiger charge is -2.05. The molecule has 0 atom stereocenters. The Kier molecular flexibility index (Phi) is 4.22. The molecule has 0 unspecified atom stereocenters. The zero-order chi connectivity index (χ0) is 13.1. The molecule has 0 fully saturated rings. The van der Waals surface area contributed by atoms with Gasteiger partial charge in [-0.1, -0.05) is 33.8 Å². The molecule has 2 rings (SSSR count). The number of hydrogen-bond acceptors (Lipinski definition) is 2. The number of carbonyl (C=O) groups is 1. The van der Waals surface area contributed by atoms with Crippen molar-refractivity contribution in [2.45, 2.75) is 34.6 Å². The monoisotopic (exact) mass is 230 g/mol. The smallest absolute Gasteiger partial charge is 0.190 e. The lowest BCUT2D eigenvalue weighted by Crippen LogP contribution is -1.97. The van der Waals surface area contributed by atoms with Crippen molar-refractivity contribution in [2.75, 3.05) is 0 Å². The molecule has 0 aliphatic heterocycles. The number of allylic oxidation sites excluding steroid dienone is 2. The van der Waals surface area contributed by atoms with Crippen molar-refractivity contribution in [3.8, 4) is 0 Å². The molecule has 91 valence electrons. The minimum Gasteiger partial charge on any atom is -0.289 e. The Bertz CT molecular complexity index is 432. The Morgan fingerprint density at radius 3 is 2.12 bits per heavy atom. The van der Waals surface area contributed by atoms with Gasteiger partial charge in [-0.05, 0) is 24.0 Å². The van der Waals surface area contributed by atoms with Crippen LogP contribution in [0.15, 0.2) is 30.1 Å². The number of hydrogen-bond donors (Lipinski definition) is 0. The van der Waals surface area contributed by atoms with Gasteiger partial charge < -0.3 is 0 Å². The van der Waals surface area contributed by atoms with Crippen molar-refractivity contribution in [3.05, 3.63) is 47.7 Å². The van der Waals surface area contributed by atoms with Gasteiger partial charge in [-0.2, -0.15) is 0 Å². The first-order valence-electron chi connectivity index (χ1n) is 5.79. The first-order chi connectivity index (χ1) is 7.77. The predicted octanol–water partition coefficient (Wildman–Crippen LogP) is 3.77. The highest BCUT2D eigenvalue weighted by Gasteiger charge is 2.19. The number of pyridine rings is 1. The van der Waals surface area contributed by atoms with Gasteiger partial charge in [-0.3, -0.25) is 9.78 Å². The van der Waals surface area contributed by atoms with Gasteiger partial charge in [-0.15, -0.1) is 0 Å². The average molecular weight is 230 g/mol. The third kappa shape index (κ3) is 6.00. The molecule has 0 saturated heterocycles. The van der Waals surface area contributed by atoms with Crippen molar-refractivity contribution < 1.29 is 4.79 Å². The normalized spacial score (nSPS) is 13.4. The molecule has 0 amide bonds. The van der Waals surface area contributed by atoms with E-state index >= 15 is 0 Å². The molecule has 0 bridgehead atoms. The Balaban J connectivity index is 0.000000249. The molecule has 0 spiro atoms. The highest BCUT2D eigenvalue weighted by Crippen LogP contribution is 2.21. The van der Waals surface area contributed by atoms with Crippen LogP contribution in [0.1, 0.15) is 43.6 Å². The van der Waals surface area contributed by atoms with Crippen LogP contribution in [0.4, 0.5) is 0 Å². The van der Waals surface area contributed by atoms with E-state index in [4.69, 9.17) is 0 Å². The maximum atomic E-state index is 11.4. The Morgan fingerprint density at radius 2 is 1.71 bits per heavy atom. The first-order valence-corrected chi connectivity index (χ1v) is 5.79. The van der Waals surface area contributed by atoms with E-state index in [1.807, 2.05) is 25.5 Å². The van der Waals surface area contributed by atoms with Crippen molar-refractivity contribution >= 4 is 5.78 Å². The summed E-state index contributed by atoms with van der Waals surface area (Å²) in [6.07, 6.45) is 6.96. The minimum atomic E-state index is 0.0752. The second kappa shape index (κ2) is 5.26. The van der Waals surface area contributed by atoms with Crippen LogP contribution in [0.2, 0.25) is 0 Å². The van der Waals surface area contributed by atoms with E-state index < -0.39 is 0 Å². The van der Waals surface area contributed by atoms with Crippen molar-refractivity contribution in [1.29, 1.82) is 0 Å². The number of aromatic nitrogens is 1. The number of carbonyl (C=O) groups excluding carboxylic acids is 1. The fraction of sp³-hybridized carbons (Fsp3) is 0.400. The molecular weight excluding hydrogens is 210 g/mol. The summed E-state index contributed by atoms with van der Waals surface area (Å²) in [5.41, 5.74) is 2.99. The molecule has 17 heavy (non-hydrogen) atoms. The van der Waals surface area contributed by atoms with Gasteiger partial charge in [0.05, 0.1) is 0 Å². The molecule has 1 aromatic heterocycles. The van der Waals surface area contributed by atoms with Crippen LogP contribution in [-0.4, -0.2) is 10.8 Å². The van der Waals surface area contributed by atoms with E-state index in [1.54, 1.807) is 12.4 Å². The van der Waals surface area contributed by atoms with Crippen LogP contribution in [0.25, 0.3) is 0 Å². The third-order valence-electron chi connectivity index (χ3n) is 1.73. The van der Waals surface area contributed by atoms with Gasteiger partial charge >= 0.3 is 0 Å². The average Bonchev–Trinajstić information content (AvgIpc) is 2.97. The Labute approximate surface area is 104 Å². The summed E-state index contributed by atoms with van der Waals surface area (Å²) < 4.78 is 0. The number of nitrogens with zero attached hydrogens (tertiary/aromatic N) is 1. The van der Waals surface area contributed by atoms with E-state index in [1.165, 1.54) is 0 Å². The first kappa shape index (κ1) is 13.6. The van der Waals surface area contributed by atoms with E-state index in [2.05, 4.69) is 32.7 Å². The molecule has 2 nitrogen and oxygen atoms in total. The fourth-order valence-corrected chi connectivity index (χ4v) is 1.04. The molecule has 1 aliphatic rings. The molecule has 2 heteroatoms. The van der Waals surface area contributed by atoms with Gasteiger partial charge in [0.2, 0.25) is 0 Å². The number of rotatable bonds is 2. The summed E-state index contributed by atoms with van der Waals surface area (Å²) in [5, 5.41) is 0. The van der Waals surface area contributed by atoms with Gasteiger partial charge in [0.15, 0.2) is 5.78 Å². The zero-order valence-corrected chi connectivity index (χ0v) is 11.2. The summed E-state index contributed by atoms with van der Waals surface area (Å²) in [4.78, 5) is 15.4. The predicted molar refractivity (Wildman–Crippen MR) is 70.8 cm³/mol. The molecule has 0 aromatic carbocycles. The van der Waals surface area contributed by atoms with E-state index in [9.17, 15) is 4.79 Å². The number of aryl methyl sites for hydroxylation is 1. The summed E-state index contributed by atoms with van der Waals surface area (Å²) in [6.45, 7) is 10.7. The summed E-state index contributed by atoms with van der Waals surface area (Å²) in [6, 6.07) is 1.85. The molecule has 0 saturated carbocycles. The quantitative estimate of drug-likeness (QED) is 0.724. The SMILES string of the molecule is CC(C)(C)C.Cc1cncc(C(=O)C2=C[CH]2)c1. The maximum absolute atomic E-state index is 11.4. The van der Waals surface area contributed by atoms with Crippen LogP contribution >= 0.6 is 0 Å². The number of Topliss-reactive ketones (excluding diaryl/α,β-unsaturated/α-hetero) is 1. The fourth-order valence-electron chi connectivity index (χ4n) is 1.04. The van der Waals surface area contributed by atoms with E-state index in [-0.39, 0.29) is 5.78 Å². The van der Waals surface area contributed by atoms with Crippen LogP contribution < -0.4 is 0 Å². The molecular formula is C15H20NO. The highest BCUT2D eigenvalue weighted by atomic mass is 16.1. The largest absolute Gasteiger partial charge is 0.289 e. The maximum Gasteiger partial charge on any atom is 0.190 e. The lowest BCUT2D eigenvalue weighted by molar-refractivity contribution is 0.104. The summed E-state index contributed by atoms with van der Waals surface area (Å²) in [5.74, 6) is 0.0752. The van der Waals surface area contributed by atoms with Crippen LogP contribution in [0.5, 0.6) is 0 Å². The third-order valence-corrected chi connectivity index (χ3v) is 1.73. The zero-order valence-electron chi connectivity index (χ0n) is 11.2. The highest BCUT2D eigenvalue weighted by molar-refractivity contribution is 6.13. The molecule has 1 heterocycles. The second-order valence-corrected chi connectivity index (χ2v) is 5.87. The van der Waals surface area contributed by atoms with Crippen LogP contribution in [0, 0.1) is 18.8 Å². The Hall–Kier alpha value is -1.44. The molecule has 0 N–H and O–H groups in total. The standard InChI is InChI=1S/C10H8NO.C5H12/c1-7-4-9(6-11-5-7)10(12)8-2-3-8;1-5(2,3)4/h2-6H,1H3;1-4H3. The summed E-state index contributed by atoms with van der Waals surface area (Å²) in [7, 11) is 0. The second-order valence-electron chi connectivity index (χ2n) is 5.87. The lowest BCUT2D eigenvalue weighted by atomic mass is 10.0. The van der Waals surface area contributed by atoms with Gasteiger partial charge in [-0.25, -0.2) is 0 Å². The number of ketones is 1. The van der Waals surface area contributed by atoms with Crippen LogP contribution in [0.3, 0.4) is 0 Å². The van der Waals surface area contributed by atoms with Gasteiger partial charge in [0.1, 0.15) is 0 Å². The van der Waals surface area contributed by atoms with E-state index in [0.29, 0.717) is 11.0 Å². The molecule has 1 radical (unpaired) electrons. The van der Waals surface area contributed by atoms with Gasteiger partial charge in [0, 0.05) is 30.0 Å². The van der Waals surface area contributed by atoms with Gasteiger partial charge in [0.25, 0.3) is 0 Å². The summed E-state index contributed by atoms with van der Waals surface area (Å²) >= 11 is 0. The van der Waals surface area contributed by atoms with Crippen molar-refractivity contribution in [3.63, 3.8) is 0 Å². The van der Waals surface area contributed by atoms with Crippen molar-refractivity contribution in [1.82, 2.24) is 4.98 Å². The molecule has 1 aliphatic carbocycles. The van der Waals surface area contributed by atoms with Crippen LogP contribution in [-0.2, 0) is 0 Å². The molecule has 1 aromatic rings. The van der Waals surface area contributed by atoms with Crippen molar-refractivity contribution in [2.24, 2.45) is 5.41 Å². The Morgan fingerprint density at radius 1 is 1.18 bits per heavy atom. The topological polar surface area (TPSA) is 30.0 Å². The minimum absolute atomic E-state index is 0.0752.